The van der Waals surface area contributed by atoms with Crippen LogP contribution in [0.4, 0.5) is 4.39 Å². The molecule has 4 nitrogen and oxygen atoms in total. The average molecular weight is 338 g/mol. The van der Waals surface area contributed by atoms with Crippen molar-refractivity contribution in [2.24, 2.45) is 0 Å². The maximum Gasteiger partial charge on any atom is 0.246 e. The number of halogens is 2. The minimum atomic E-state index is -3.86. The van der Waals surface area contributed by atoms with Crippen molar-refractivity contribution in [2.45, 2.75) is 23.8 Å². The average Bonchev–Trinajstić information content (AvgIpc) is 2.28. The van der Waals surface area contributed by atoms with E-state index in [9.17, 15) is 17.9 Å². The van der Waals surface area contributed by atoms with Crippen LogP contribution < -0.4 is 0 Å². The van der Waals surface area contributed by atoms with E-state index in [1.54, 1.807) is 0 Å². The largest absolute Gasteiger partial charge is 0.392 e. The lowest BCUT2D eigenvalue weighted by atomic mass is 10.1. The van der Waals surface area contributed by atoms with E-state index in [1.807, 2.05) is 0 Å². The first-order chi connectivity index (χ1) is 8.41. The summed E-state index contributed by atoms with van der Waals surface area (Å²) in [6.45, 7) is 0.340. The zero-order valence-electron chi connectivity index (χ0n) is 9.51. The van der Waals surface area contributed by atoms with Crippen LogP contribution in [0.2, 0.25) is 0 Å². The molecule has 0 saturated carbocycles. The summed E-state index contributed by atoms with van der Waals surface area (Å²) < 4.78 is 39.8. The van der Waals surface area contributed by atoms with Crippen LogP contribution in [-0.4, -0.2) is 37.0 Å². The predicted molar refractivity (Wildman–Crippen MR) is 68.1 cm³/mol. The lowest BCUT2D eigenvalue weighted by Crippen LogP contribution is -2.42. The van der Waals surface area contributed by atoms with Gasteiger partial charge in [-0.05, 0) is 31.0 Å². The molecule has 18 heavy (non-hydrogen) atoms. The Morgan fingerprint density at radius 2 is 2.17 bits per heavy atom. The van der Waals surface area contributed by atoms with Gasteiger partial charge in [-0.2, -0.15) is 4.31 Å². The standard InChI is InChI=1S/C11H13BrFNO3S/c12-8-3-4-11(10(13)6-8)18(16,17)14-5-1-2-9(15)7-14/h3-4,6,9,15H,1-2,5,7H2/t9-/m1/s1. The van der Waals surface area contributed by atoms with Gasteiger partial charge in [-0.25, -0.2) is 12.8 Å². The maximum atomic E-state index is 13.7. The van der Waals surface area contributed by atoms with Crippen LogP contribution in [0.15, 0.2) is 27.6 Å². The fourth-order valence-electron chi connectivity index (χ4n) is 1.96. The van der Waals surface area contributed by atoms with Gasteiger partial charge >= 0.3 is 0 Å². The van der Waals surface area contributed by atoms with Crippen LogP contribution in [0.3, 0.4) is 0 Å². The molecule has 7 heteroatoms. The molecule has 2 rings (SSSR count). The van der Waals surface area contributed by atoms with Crippen molar-refractivity contribution in [2.75, 3.05) is 13.1 Å². The fourth-order valence-corrected chi connectivity index (χ4v) is 3.86. The molecule has 1 aliphatic heterocycles. The number of β-amino-alcohol motifs (C(OH)–C–C–N with tert-alkyl or cyclic N) is 1. The molecule has 100 valence electrons. The SMILES string of the molecule is O=S(=O)(c1ccc(Br)cc1F)N1CCC[C@@H](O)C1. The second-order valence-corrected chi connectivity index (χ2v) is 7.06. The van der Waals surface area contributed by atoms with E-state index in [2.05, 4.69) is 15.9 Å². The topological polar surface area (TPSA) is 57.6 Å². The van der Waals surface area contributed by atoms with Crippen molar-refractivity contribution in [1.82, 2.24) is 4.31 Å². The Labute approximate surface area is 114 Å². The molecule has 1 saturated heterocycles. The number of hydrogen-bond acceptors (Lipinski definition) is 3. The molecule has 0 aliphatic carbocycles. The Kier molecular flexibility index (Phi) is 4.05. The third-order valence-electron chi connectivity index (χ3n) is 2.87. The Morgan fingerprint density at radius 3 is 2.78 bits per heavy atom. The van der Waals surface area contributed by atoms with Crippen molar-refractivity contribution in [3.05, 3.63) is 28.5 Å². The summed E-state index contributed by atoms with van der Waals surface area (Å²) in [5.74, 6) is -0.788. The molecule has 0 aromatic heterocycles. The van der Waals surface area contributed by atoms with Crippen molar-refractivity contribution in [3.8, 4) is 0 Å². The molecule has 0 spiro atoms. The number of rotatable bonds is 2. The molecule has 0 unspecified atom stereocenters. The molecule has 1 N–H and O–H groups in total. The van der Waals surface area contributed by atoms with Gasteiger partial charge in [-0.1, -0.05) is 15.9 Å². The van der Waals surface area contributed by atoms with Gasteiger partial charge in [0.15, 0.2) is 0 Å². The minimum absolute atomic E-state index is 0.0256. The lowest BCUT2D eigenvalue weighted by molar-refractivity contribution is 0.108. The van der Waals surface area contributed by atoms with Gasteiger partial charge in [-0.15, -0.1) is 0 Å². The van der Waals surface area contributed by atoms with E-state index in [1.165, 1.54) is 12.1 Å². The Morgan fingerprint density at radius 1 is 1.44 bits per heavy atom. The summed E-state index contributed by atoms with van der Waals surface area (Å²) in [7, 11) is -3.86. The van der Waals surface area contributed by atoms with Crippen molar-refractivity contribution in [1.29, 1.82) is 0 Å². The van der Waals surface area contributed by atoms with Crippen molar-refractivity contribution >= 4 is 26.0 Å². The maximum absolute atomic E-state index is 13.7. The number of piperidine rings is 1. The Balaban J connectivity index is 2.35. The molecule has 1 aromatic carbocycles. The fraction of sp³-hybridized carbons (Fsp3) is 0.455. The summed E-state index contributed by atoms with van der Waals surface area (Å²) in [4.78, 5) is -0.347. The minimum Gasteiger partial charge on any atom is -0.392 e. The molecule has 1 atom stereocenters. The van der Waals surface area contributed by atoms with E-state index >= 15 is 0 Å². The second-order valence-electron chi connectivity index (χ2n) is 4.23. The van der Waals surface area contributed by atoms with Crippen LogP contribution in [0.5, 0.6) is 0 Å². The Hall–Kier alpha value is -0.500. The normalized spacial score (nSPS) is 22.1. The number of hydrogen-bond donors (Lipinski definition) is 1. The van der Waals surface area contributed by atoms with E-state index < -0.39 is 21.9 Å². The van der Waals surface area contributed by atoms with E-state index in [4.69, 9.17) is 0 Å². The molecule has 1 fully saturated rings. The molecule has 0 amide bonds. The molecule has 1 heterocycles. The van der Waals surface area contributed by atoms with E-state index in [0.717, 1.165) is 10.4 Å². The first-order valence-electron chi connectivity index (χ1n) is 5.54. The summed E-state index contributed by atoms with van der Waals surface area (Å²) in [6, 6.07) is 3.83. The number of aliphatic hydroxyl groups is 1. The highest BCUT2D eigenvalue weighted by molar-refractivity contribution is 9.10. The van der Waals surface area contributed by atoms with Crippen molar-refractivity contribution < 1.29 is 17.9 Å². The lowest BCUT2D eigenvalue weighted by Gasteiger charge is -2.29. The Bertz CT molecular complexity index is 549. The number of aliphatic hydroxyl groups excluding tert-OH is 1. The summed E-state index contributed by atoms with van der Waals surface area (Å²) in [5.41, 5.74) is 0. The van der Waals surface area contributed by atoms with Crippen LogP contribution in [0.25, 0.3) is 0 Å². The van der Waals surface area contributed by atoms with E-state index in [-0.39, 0.29) is 11.4 Å². The van der Waals surface area contributed by atoms with Crippen LogP contribution >= 0.6 is 15.9 Å². The first-order valence-corrected chi connectivity index (χ1v) is 7.78. The summed E-state index contributed by atoms with van der Waals surface area (Å²) in [6.07, 6.45) is 0.486. The summed E-state index contributed by atoms with van der Waals surface area (Å²) in [5, 5.41) is 9.50. The van der Waals surface area contributed by atoms with Gasteiger partial charge in [0, 0.05) is 17.6 Å². The first kappa shape index (κ1) is 13.9. The van der Waals surface area contributed by atoms with Crippen molar-refractivity contribution in [3.63, 3.8) is 0 Å². The second kappa shape index (κ2) is 5.24. The third-order valence-corrected chi connectivity index (χ3v) is 5.26. The van der Waals surface area contributed by atoms with Gasteiger partial charge in [0.25, 0.3) is 0 Å². The quantitative estimate of drug-likeness (QED) is 0.894. The number of benzene rings is 1. The van der Waals surface area contributed by atoms with Gasteiger partial charge < -0.3 is 5.11 Å². The zero-order valence-corrected chi connectivity index (χ0v) is 11.9. The third kappa shape index (κ3) is 2.74. The number of nitrogens with zero attached hydrogens (tertiary/aromatic N) is 1. The molecule has 0 bridgehead atoms. The van der Waals surface area contributed by atoms with Crippen LogP contribution in [0.1, 0.15) is 12.8 Å². The van der Waals surface area contributed by atoms with E-state index in [0.29, 0.717) is 23.9 Å². The smallest absolute Gasteiger partial charge is 0.246 e. The molecule has 1 aliphatic rings. The highest BCUT2D eigenvalue weighted by Gasteiger charge is 2.31. The van der Waals surface area contributed by atoms with Gasteiger partial charge in [0.05, 0.1) is 6.10 Å². The molecular weight excluding hydrogens is 325 g/mol. The molecular formula is C11H13BrFNO3S. The monoisotopic (exact) mass is 337 g/mol. The van der Waals surface area contributed by atoms with Gasteiger partial charge in [0.1, 0.15) is 10.7 Å². The van der Waals surface area contributed by atoms with Crippen LogP contribution in [0, 0.1) is 5.82 Å². The van der Waals surface area contributed by atoms with Gasteiger partial charge in [0.2, 0.25) is 10.0 Å². The van der Waals surface area contributed by atoms with Crippen LogP contribution in [-0.2, 0) is 10.0 Å². The van der Waals surface area contributed by atoms with Gasteiger partial charge in [-0.3, -0.25) is 0 Å². The highest BCUT2D eigenvalue weighted by atomic mass is 79.9. The predicted octanol–water partition coefficient (Wildman–Crippen LogP) is 1.73. The molecule has 0 radical (unpaired) electrons. The summed E-state index contributed by atoms with van der Waals surface area (Å²) >= 11 is 3.08. The zero-order chi connectivity index (χ0) is 13.3. The molecule has 1 aromatic rings. The highest BCUT2D eigenvalue weighted by Crippen LogP contribution is 2.25. The number of sulfonamides is 1.